The molecule has 4 heteroatoms. The maximum absolute atomic E-state index is 12.2. The number of carbonyl (C=O) groups is 2. The van der Waals surface area contributed by atoms with Gasteiger partial charge in [0.05, 0.1) is 0 Å². The van der Waals surface area contributed by atoms with E-state index in [4.69, 9.17) is 5.11 Å². The molecule has 0 radical (unpaired) electrons. The van der Waals surface area contributed by atoms with Crippen molar-refractivity contribution >= 4 is 17.8 Å². The van der Waals surface area contributed by atoms with Gasteiger partial charge < -0.3 is 10.2 Å². The number of Topliss-reactive ketones (excluding diaryl/α,β-unsaturated/α-hetero) is 1. The lowest BCUT2D eigenvalue weighted by Gasteiger charge is -2.15. The number of aromatic hydroxyl groups is 1. The van der Waals surface area contributed by atoms with Gasteiger partial charge in [0.2, 0.25) is 0 Å². The largest absolute Gasteiger partial charge is 0.508 e. The van der Waals surface area contributed by atoms with E-state index in [1.807, 2.05) is 13.8 Å². The highest BCUT2D eigenvalue weighted by molar-refractivity contribution is 5.84. The van der Waals surface area contributed by atoms with Crippen LogP contribution in [-0.4, -0.2) is 22.0 Å². The number of aryl methyl sites for hydroxylation is 2. The highest BCUT2D eigenvalue weighted by atomic mass is 16.4. The van der Waals surface area contributed by atoms with E-state index < -0.39 is 5.97 Å². The number of unbranched alkanes of at least 4 members (excludes halogenated alkanes) is 3. The molecule has 0 amide bonds. The van der Waals surface area contributed by atoms with E-state index in [-0.39, 0.29) is 24.0 Å². The Morgan fingerprint density at radius 1 is 1.15 bits per heavy atom. The van der Waals surface area contributed by atoms with Crippen molar-refractivity contribution in [3.63, 3.8) is 0 Å². The molecule has 1 fully saturated rings. The van der Waals surface area contributed by atoms with Crippen LogP contribution < -0.4 is 0 Å². The summed E-state index contributed by atoms with van der Waals surface area (Å²) >= 11 is 0. The molecule has 1 aliphatic rings. The third kappa shape index (κ3) is 5.72. The van der Waals surface area contributed by atoms with Gasteiger partial charge in [-0.2, -0.15) is 0 Å². The van der Waals surface area contributed by atoms with Crippen molar-refractivity contribution in [2.75, 3.05) is 0 Å². The molecule has 0 heterocycles. The van der Waals surface area contributed by atoms with Gasteiger partial charge in [-0.15, -0.1) is 0 Å². The summed E-state index contributed by atoms with van der Waals surface area (Å²) in [5.41, 5.74) is 3.20. The van der Waals surface area contributed by atoms with Crippen LogP contribution in [0.1, 0.15) is 68.1 Å². The number of benzene rings is 1. The SMILES string of the molecule is Cc1cc(O)cc(C)c1/C=C/C1CCC(=O)C1CCCCCCC(=O)O. The fourth-order valence-electron chi connectivity index (χ4n) is 3.97. The zero-order chi connectivity index (χ0) is 19.1. The van der Waals surface area contributed by atoms with Gasteiger partial charge in [-0.05, 0) is 67.9 Å². The minimum absolute atomic E-state index is 0.100. The number of phenols is 1. The summed E-state index contributed by atoms with van der Waals surface area (Å²) in [6.07, 6.45) is 10.6. The molecule has 2 atom stereocenters. The number of allylic oxidation sites excluding steroid dienone is 1. The fraction of sp³-hybridized carbons (Fsp3) is 0.545. The van der Waals surface area contributed by atoms with E-state index in [0.717, 1.165) is 55.2 Å². The molecule has 0 aromatic heterocycles. The predicted molar refractivity (Wildman–Crippen MR) is 103 cm³/mol. The third-order valence-electron chi connectivity index (χ3n) is 5.40. The van der Waals surface area contributed by atoms with Crippen LogP contribution in [-0.2, 0) is 9.59 Å². The summed E-state index contributed by atoms with van der Waals surface area (Å²) < 4.78 is 0. The Bertz CT molecular complexity index is 652. The normalized spacial score (nSPS) is 20.2. The van der Waals surface area contributed by atoms with E-state index in [1.165, 1.54) is 0 Å². The lowest BCUT2D eigenvalue weighted by atomic mass is 9.88. The van der Waals surface area contributed by atoms with E-state index in [1.54, 1.807) is 12.1 Å². The molecule has 0 aliphatic heterocycles. The number of phenolic OH excluding ortho intramolecular Hbond substituents is 1. The number of carboxylic acid groups (broad SMARTS) is 1. The Hall–Kier alpha value is -2.10. The Balaban J connectivity index is 1.90. The van der Waals surface area contributed by atoms with Crippen LogP contribution in [0.4, 0.5) is 0 Å². The van der Waals surface area contributed by atoms with Crippen molar-refractivity contribution < 1.29 is 19.8 Å². The van der Waals surface area contributed by atoms with Crippen molar-refractivity contribution in [3.05, 3.63) is 34.9 Å². The van der Waals surface area contributed by atoms with Crippen molar-refractivity contribution in [1.82, 2.24) is 0 Å². The topological polar surface area (TPSA) is 74.6 Å². The first-order valence-corrected chi connectivity index (χ1v) is 9.61. The molecule has 4 nitrogen and oxygen atoms in total. The number of carbonyl (C=O) groups excluding carboxylic acids is 1. The number of rotatable bonds is 9. The maximum Gasteiger partial charge on any atom is 0.303 e. The smallest absolute Gasteiger partial charge is 0.303 e. The van der Waals surface area contributed by atoms with Gasteiger partial charge in [0.25, 0.3) is 0 Å². The summed E-state index contributed by atoms with van der Waals surface area (Å²) in [4.78, 5) is 22.8. The molecule has 0 spiro atoms. The quantitative estimate of drug-likeness (QED) is 0.606. The zero-order valence-corrected chi connectivity index (χ0v) is 15.8. The summed E-state index contributed by atoms with van der Waals surface area (Å²) in [6, 6.07) is 3.53. The van der Waals surface area contributed by atoms with Crippen molar-refractivity contribution in [2.24, 2.45) is 11.8 Å². The summed E-state index contributed by atoms with van der Waals surface area (Å²) in [7, 11) is 0. The second-order valence-corrected chi connectivity index (χ2v) is 7.47. The second kappa shape index (κ2) is 9.56. The molecule has 1 aromatic carbocycles. The maximum atomic E-state index is 12.2. The van der Waals surface area contributed by atoms with E-state index in [2.05, 4.69) is 12.2 Å². The zero-order valence-electron chi connectivity index (χ0n) is 15.8. The summed E-state index contributed by atoms with van der Waals surface area (Å²) in [6.45, 7) is 3.97. The summed E-state index contributed by atoms with van der Waals surface area (Å²) in [5, 5.41) is 18.3. The standard InChI is InChI=1S/C22H30O4/c1-15-13-18(23)14-16(2)19(15)11-9-17-10-12-21(24)20(17)7-5-3-4-6-8-22(25)26/h9,11,13-14,17,20,23H,3-8,10,12H2,1-2H3,(H,25,26)/b11-9+. The summed E-state index contributed by atoms with van der Waals surface area (Å²) in [5.74, 6) is 0.303. The predicted octanol–water partition coefficient (Wildman–Crippen LogP) is 5.04. The molecule has 26 heavy (non-hydrogen) atoms. The molecule has 2 N–H and O–H groups in total. The van der Waals surface area contributed by atoms with Crippen LogP contribution in [0.2, 0.25) is 0 Å². The molecule has 1 aromatic rings. The first-order valence-electron chi connectivity index (χ1n) is 9.61. The number of hydrogen-bond acceptors (Lipinski definition) is 3. The number of aliphatic carboxylic acids is 1. The molecule has 2 rings (SSSR count). The number of ketones is 1. The van der Waals surface area contributed by atoms with Crippen LogP contribution in [0.15, 0.2) is 18.2 Å². The molecular weight excluding hydrogens is 328 g/mol. The van der Waals surface area contributed by atoms with Crippen LogP contribution in [0.25, 0.3) is 6.08 Å². The van der Waals surface area contributed by atoms with Crippen molar-refractivity contribution in [3.8, 4) is 5.75 Å². The van der Waals surface area contributed by atoms with Gasteiger partial charge in [0.15, 0.2) is 0 Å². The highest BCUT2D eigenvalue weighted by Gasteiger charge is 2.32. The average molecular weight is 358 g/mol. The van der Waals surface area contributed by atoms with E-state index >= 15 is 0 Å². The monoisotopic (exact) mass is 358 g/mol. The van der Waals surface area contributed by atoms with Crippen molar-refractivity contribution in [2.45, 2.75) is 65.2 Å². The minimum Gasteiger partial charge on any atom is -0.508 e. The number of hydrogen-bond donors (Lipinski definition) is 2. The van der Waals surface area contributed by atoms with Gasteiger partial charge in [0.1, 0.15) is 11.5 Å². The molecule has 1 aliphatic carbocycles. The molecule has 0 bridgehead atoms. The van der Waals surface area contributed by atoms with Crippen LogP contribution in [0.3, 0.4) is 0 Å². The van der Waals surface area contributed by atoms with Gasteiger partial charge in [-0.1, -0.05) is 31.4 Å². The molecule has 2 unspecified atom stereocenters. The van der Waals surface area contributed by atoms with Gasteiger partial charge in [-0.3, -0.25) is 9.59 Å². The first-order chi connectivity index (χ1) is 12.4. The van der Waals surface area contributed by atoms with E-state index in [9.17, 15) is 14.7 Å². The Morgan fingerprint density at radius 3 is 2.46 bits per heavy atom. The lowest BCUT2D eigenvalue weighted by molar-refractivity contribution is -0.137. The second-order valence-electron chi connectivity index (χ2n) is 7.47. The van der Waals surface area contributed by atoms with Crippen LogP contribution in [0, 0.1) is 25.7 Å². The van der Waals surface area contributed by atoms with Gasteiger partial charge in [-0.25, -0.2) is 0 Å². The Kier molecular flexibility index (Phi) is 7.43. The molecule has 0 saturated heterocycles. The average Bonchev–Trinajstić information content (AvgIpc) is 2.90. The lowest BCUT2D eigenvalue weighted by Crippen LogP contribution is -2.13. The highest BCUT2D eigenvalue weighted by Crippen LogP contribution is 2.35. The van der Waals surface area contributed by atoms with Crippen molar-refractivity contribution in [1.29, 1.82) is 0 Å². The van der Waals surface area contributed by atoms with E-state index in [0.29, 0.717) is 12.2 Å². The fourth-order valence-corrected chi connectivity index (χ4v) is 3.97. The minimum atomic E-state index is -0.735. The van der Waals surface area contributed by atoms with Gasteiger partial charge >= 0.3 is 5.97 Å². The van der Waals surface area contributed by atoms with Crippen LogP contribution in [0.5, 0.6) is 5.75 Å². The van der Waals surface area contributed by atoms with Crippen LogP contribution >= 0.6 is 0 Å². The third-order valence-corrected chi connectivity index (χ3v) is 5.40. The number of carboxylic acids is 1. The molecule has 142 valence electrons. The Morgan fingerprint density at radius 2 is 1.81 bits per heavy atom. The molecule has 1 saturated carbocycles. The Labute approximate surface area is 155 Å². The first kappa shape index (κ1) is 20.2. The van der Waals surface area contributed by atoms with Gasteiger partial charge in [0, 0.05) is 18.8 Å². The molecular formula is C22H30O4.